The van der Waals surface area contributed by atoms with Gasteiger partial charge in [0.2, 0.25) is 0 Å². The van der Waals surface area contributed by atoms with Crippen LogP contribution in [0.4, 0.5) is 0 Å². The lowest BCUT2D eigenvalue weighted by atomic mass is 9.90. The van der Waals surface area contributed by atoms with Crippen LogP contribution in [0.2, 0.25) is 0 Å². The van der Waals surface area contributed by atoms with Gasteiger partial charge in [0.15, 0.2) is 0 Å². The number of aromatic nitrogens is 2. The Kier molecular flexibility index (Phi) is 6.54. The van der Waals surface area contributed by atoms with Crippen LogP contribution in [0.3, 0.4) is 0 Å². The molecule has 0 aliphatic carbocycles. The Bertz CT molecular complexity index is 810. The fourth-order valence-electron chi connectivity index (χ4n) is 3.39. The van der Waals surface area contributed by atoms with Gasteiger partial charge in [-0.2, -0.15) is 5.10 Å². The van der Waals surface area contributed by atoms with Crippen LogP contribution in [0.15, 0.2) is 60.7 Å². The molecular weight excluding hydrogens is 316 g/mol. The SMILES string of the molecule is CCCCc1nnc(-c2ccccc2)c(-c2ccccc2)c1CCCC. The molecule has 1 heterocycles. The van der Waals surface area contributed by atoms with Crippen LogP contribution in [0.25, 0.3) is 22.4 Å². The summed E-state index contributed by atoms with van der Waals surface area (Å²) in [5.74, 6) is 0. The predicted octanol–water partition coefficient (Wildman–Crippen LogP) is 6.50. The van der Waals surface area contributed by atoms with E-state index in [4.69, 9.17) is 5.10 Å². The third-order valence-corrected chi connectivity index (χ3v) is 4.81. The Morgan fingerprint density at radius 2 is 1.23 bits per heavy atom. The molecule has 0 N–H and O–H groups in total. The normalized spacial score (nSPS) is 10.8. The first-order valence-corrected chi connectivity index (χ1v) is 9.84. The first-order valence-electron chi connectivity index (χ1n) is 9.84. The lowest BCUT2D eigenvalue weighted by molar-refractivity contribution is 0.727. The van der Waals surface area contributed by atoms with E-state index in [9.17, 15) is 0 Å². The lowest BCUT2D eigenvalue weighted by Gasteiger charge is -2.17. The van der Waals surface area contributed by atoms with Crippen molar-refractivity contribution in [3.8, 4) is 22.4 Å². The average molecular weight is 345 g/mol. The molecule has 0 spiro atoms. The van der Waals surface area contributed by atoms with Gasteiger partial charge in [-0.3, -0.25) is 0 Å². The van der Waals surface area contributed by atoms with E-state index in [1.54, 1.807) is 0 Å². The van der Waals surface area contributed by atoms with Crippen molar-refractivity contribution >= 4 is 0 Å². The van der Waals surface area contributed by atoms with Crippen molar-refractivity contribution in [1.82, 2.24) is 10.2 Å². The minimum absolute atomic E-state index is 1.00. The third-order valence-electron chi connectivity index (χ3n) is 4.81. The molecular formula is C24H28N2. The van der Waals surface area contributed by atoms with E-state index in [0.717, 1.165) is 30.5 Å². The molecule has 2 aromatic carbocycles. The Labute approximate surface area is 157 Å². The molecule has 0 saturated heterocycles. The summed E-state index contributed by atoms with van der Waals surface area (Å²) in [6, 6.07) is 21.1. The Hall–Kier alpha value is -2.48. The van der Waals surface area contributed by atoms with Crippen LogP contribution in [-0.4, -0.2) is 10.2 Å². The van der Waals surface area contributed by atoms with E-state index < -0.39 is 0 Å². The van der Waals surface area contributed by atoms with Crippen LogP contribution in [0, 0.1) is 0 Å². The smallest absolute Gasteiger partial charge is 0.101 e. The van der Waals surface area contributed by atoms with Gasteiger partial charge in [-0.25, -0.2) is 0 Å². The Morgan fingerprint density at radius 3 is 1.85 bits per heavy atom. The number of hydrogen-bond donors (Lipinski definition) is 0. The van der Waals surface area contributed by atoms with Gasteiger partial charge in [-0.05, 0) is 36.8 Å². The minimum Gasteiger partial charge on any atom is -0.155 e. The summed E-state index contributed by atoms with van der Waals surface area (Å²) in [6.07, 6.45) is 6.78. The fourth-order valence-corrected chi connectivity index (χ4v) is 3.39. The highest BCUT2D eigenvalue weighted by Gasteiger charge is 2.18. The van der Waals surface area contributed by atoms with Gasteiger partial charge in [0.05, 0.1) is 5.69 Å². The summed E-state index contributed by atoms with van der Waals surface area (Å²) in [5, 5.41) is 9.38. The topological polar surface area (TPSA) is 25.8 Å². The maximum absolute atomic E-state index is 4.70. The monoisotopic (exact) mass is 344 g/mol. The second-order valence-corrected chi connectivity index (χ2v) is 6.79. The van der Waals surface area contributed by atoms with Crippen molar-refractivity contribution in [2.45, 2.75) is 52.4 Å². The Morgan fingerprint density at radius 1 is 0.654 bits per heavy atom. The summed E-state index contributed by atoms with van der Waals surface area (Å²) < 4.78 is 0. The number of unbranched alkanes of at least 4 members (excludes halogenated alkanes) is 2. The quantitative estimate of drug-likeness (QED) is 0.466. The highest BCUT2D eigenvalue weighted by Crippen LogP contribution is 2.35. The van der Waals surface area contributed by atoms with E-state index in [1.807, 2.05) is 6.07 Å². The molecule has 2 nitrogen and oxygen atoms in total. The zero-order chi connectivity index (χ0) is 18.2. The predicted molar refractivity (Wildman–Crippen MR) is 110 cm³/mol. The summed E-state index contributed by atoms with van der Waals surface area (Å²) in [7, 11) is 0. The van der Waals surface area contributed by atoms with Crippen LogP contribution in [0.1, 0.15) is 50.8 Å². The van der Waals surface area contributed by atoms with Crippen molar-refractivity contribution in [2.24, 2.45) is 0 Å². The zero-order valence-corrected chi connectivity index (χ0v) is 15.9. The van der Waals surface area contributed by atoms with E-state index >= 15 is 0 Å². The summed E-state index contributed by atoms with van der Waals surface area (Å²) >= 11 is 0. The molecule has 0 amide bonds. The van der Waals surface area contributed by atoms with Crippen molar-refractivity contribution in [3.63, 3.8) is 0 Å². The Balaban J connectivity index is 2.21. The second-order valence-electron chi connectivity index (χ2n) is 6.79. The molecule has 3 rings (SSSR count). The van der Waals surface area contributed by atoms with Gasteiger partial charge in [-0.1, -0.05) is 87.4 Å². The van der Waals surface area contributed by atoms with Gasteiger partial charge in [0.25, 0.3) is 0 Å². The van der Waals surface area contributed by atoms with E-state index in [2.05, 4.69) is 73.5 Å². The molecule has 0 radical (unpaired) electrons. The zero-order valence-electron chi connectivity index (χ0n) is 15.9. The van der Waals surface area contributed by atoms with E-state index in [1.165, 1.54) is 41.6 Å². The molecule has 26 heavy (non-hydrogen) atoms. The van der Waals surface area contributed by atoms with Crippen LogP contribution in [-0.2, 0) is 12.8 Å². The fraction of sp³-hybridized carbons (Fsp3) is 0.333. The minimum atomic E-state index is 1.00. The first kappa shape index (κ1) is 18.3. The van der Waals surface area contributed by atoms with Gasteiger partial charge >= 0.3 is 0 Å². The van der Waals surface area contributed by atoms with Gasteiger partial charge in [-0.15, -0.1) is 5.10 Å². The largest absolute Gasteiger partial charge is 0.155 e. The van der Waals surface area contributed by atoms with E-state index in [0.29, 0.717) is 0 Å². The molecule has 0 unspecified atom stereocenters. The second kappa shape index (κ2) is 9.28. The molecule has 0 fully saturated rings. The van der Waals surface area contributed by atoms with Crippen LogP contribution in [0.5, 0.6) is 0 Å². The molecule has 3 aromatic rings. The average Bonchev–Trinajstić information content (AvgIpc) is 2.71. The van der Waals surface area contributed by atoms with Crippen LogP contribution >= 0.6 is 0 Å². The number of rotatable bonds is 8. The number of benzene rings is 2. The number of hydrogen-bond acceptors (Lipinski definition) is 2. The maximum Gasteiger partial charge on any atom is 0.101 e. The van der Waals surface area contributed by atoms with Gasteiger partial charge < -0.3 is 0 Å². The molecule has 2 heteroatoms. The lowest BCUT2D eigenvalue weighted by Crippen LogP contribution is -2.06. The highest BCUT2D eigenvalue weighted by molar-refractivity contribution is 5.83. The van der Waals surface area contributed by atoms with Crippen molar-refractivity contribution in [2.75, 3.05) is 0 Å². The molecule has 0 aliphatic rings. The molecule has 0 saturated carbocycles. The summed E-state index contributed by atoms with van der Waals surface area (Å²) in [6.45, 7) is 4.48. The van der Waals surface area contributed by atoms with E-state index in [-0.39, 0.29) is 0 Å². The molecule has 0 aliphatic heterocycles. The van der Waals surface area contributed by atoms with Crippen molar-refractivity contribution in [3.05, 3.63) is 71.9 Å². The standard InChI is InChI=1S/C24H28N2/c1-3-5-17-21-22(18-6-4-2)25-26-24(20-15-11-8-12-16-20)23(21)19-13-9-7-10-14-19/h7-16H,3-6,17-18H2,1-2H3. The number of nitrogens with zero attached hydrogens (tertiary/aromatic N) is 2. The van der Waals surface area contributed by atoms with Crippen LogP contribution < -0.4 is 0 Å². The first-order chi connectivity index (χ1) is 12.8. The molecule has 134 valence electrons. The highest BCUT2D eigenvalue weighted by atomic mass is 15.1. The third kappa shape index (κ3) is 4.19. The number of aryl methyl sites for hydroxylation is 1. The van der Waals surface area contributed by atoms with Crippen molar-refractivity contribution in [1.29, 1.82) is 0 Å². The van der Waals surface area contributed by atoms with Gasteiger partial charge in [0, 0.05) is 11.1 Å². The van der Waals surface area contributed by atoms with Gasteiger partial charge in [0.1, 0.15) is 5.69 Å². The maximum atomic E-state index is 4.70. The molecule has 0 atom stereocenters. The molecule has 0 bridgehead atoms. The summed E-state index contributed by atoms with van der Waals surface area (Å²) in [4.78, 5) is 0. The molecule has 1 aromatic heterocycles. The van der Waals surface area contributed by atoms with Crippen molar-refractivity contribution < 1.29 is 0 Å². The summed E-state index contributed by atoms with van der Waals surface area (Å²) in [5.41, 5.74) is 7.22.